The minimum atomic E-state index is -0.840. The van der Waals surface area contributed by atoms with Crippen LogP contribution in [0, 0.1) is 11.6 Å². The summed E-state index contributed by atoms with van der Waals surface area (Å²) in [4.78, 5) is 10.9. The first-order valence-electron chi connectivity index (χ1n) is 3.86. The Morgan fingerprint density at radius 3 is 2.29 bits per heavy atom. The number of rotatable bonds is 2. The molecule has 3 nitrogen and oxygen atoms in total. The van der Waals surface area contributed by atoms with Gasteiger partial charge in [0.15, 0.2) is 0 Å². The van der Waals surface area contributed by atoms with E-state index in [1.54, 1.807) is 0 Å². The zero-order valence-corrected chi connectivity index (χ0v) is 7.51. The summed E-state index contributed by atoms with van der Waals surface area (Å²) < 4.78 is 30.5. The maximum absolute atomic E-state index is 13.1. The Labute approximate surface area is 79.5 Å². The van der Waals surface area contributed by atoms with Gasteiger partial charge in [0.05, 0.1) is 12.7 Å². The molecule has 0 aromatic heterocycles. The molecule has 0 unspecified atom stereocenters. The van der Waals surface area contributed by atoms with Gasteiger partial charge in [-0.15, -0.1) is 0 Å². The molecule has 1 aromatic carbocycles. The maximum Gasteiger partial charge on any atom is 0.338 e. The van der Waals surface area contributed by atoms with Crippen LogP contribution in [0.4, 0.5) is 8.78 Å². The van der Waals surface area contributed by atoms with E-state index in [2.05, 4.69) is 4.74 Å². The molecule has 0 radical (unpaired) electrons. The number of methoxy groups -OCH3 is 1. The number of halogens is 2. The molecule has 0 fully saturated rings. The molecule has 0 aliphatic rings. The van der Waals surface area contributed by atoms with Gasteiger partial charge in [0.1, 0.15) is 11.6 Å². The van der Waals surface area contributed by atoms with Crippen LogP contribution in [-0.2, 0) is 11.3 Å². The van der Waals surface area contributed by atoms with E-state index in [1.807, 2.05) is 0 Å². The third-order valence-electron chi connectivity index (χ3n) is 1.77. The van der Waals surface area contributed by atoms with Gasteiger partial charge in [-0.05, 0) is 12.1 Å². The Balaban J connectivity index is 3.20. The van der Waals surface area contributed by atoms with E-state index in [4.69, 9.17) is 5.73 Å². The Hall–Kier alpha value is -1.49. The van der Waals surface area contributed by atoms with E-state index in [0.29, 0.717) is 0 Å². The molecule has 0 aliphatic carbocycles. The lowest BCUT2D eigenvalue weighted by Gasteiger charge is -2.04. The second-order valence-electron chi connectivity index (χ2n) is 2.61. The van der Waals surface area contributed by atoms with E-state index in [9.17, 15) is 13.6 Å². The van der Waals surface area contributed by atoms with Crippen molar-refractivity contribution in [1.82, 2.24) is 0 Å². The average molecular weight is 201 g/mol. The number of carbonyl (C=O) groups is 1. The van der Waals surface area contributed by atoms with Crippen molar-refractivity contribution in [3.05, 3.63) is 34.9 Å². The van der Waals surface area contributed by atoms with E-state index in [-0.39, 0.29) is 17.7 Å². The van der Waals surface area contributed by atoms with Gasteiger partial charge in [-0.2, -0.15) is 0 Å². The fourth-order valence-corrected chi connectivity index (χ4v) is 1.03. The molecule has 0 spiro atoms. The Bertz CT molecular complexity index is 343. The molecule has 0 heterocycles. The molecular formula is C9H9F2NO2. The van der Waals surface area contributed by atoms with Gasteiger partial charge in [-0.1, -0.05) is 0 Å². The summed E-state index contributed by atoms with van der Waals surface area (Å²) in [6.45, 7) is -0.251. The van der Waals surface area contributed by atoms with E-state index in [0.717, 1.165) is 19.2 Å². The van der Waals surface area contributed by atoms with Crippen molar-refractivity contribution in [2.75, 3.05) is 7.11 Å². The Morgan fingerprint density at radius 2 is 1.93 bits per heavy atom. The van der Waals surface area contributed by atoms with Crippen LogP contribution < -0.4 is 5.73 Å². The molecule has 76 valence electrons. The summed E-state index contributed by atoms with van der Waals surface area (Å²) in [7, 11) is 1.13. The fourth-order valence-electron chi connectivity index (χ4n) is 1.03. The minimum absolute atomic E-state index is 0.167. The highest BCUT2D eigenvalue weighted by atomic mass is 19.1. The van der Waals surface area contributed by atoms with Gasteiger partial charge < -0.3 is 10.5 Å². The summed E-state index contributed by atoms with van der Waals surface area (Å²) in [6.07, 6.45) is 0. The first-order chi connectivity index (χ1) is 6.60. The average Bonchev–Trinajstić information content (AvgIpc) is 2.16. The third-order valence-corrected chi connectivity index (χ3v) is 1.77. The summed E-state index contributed by atoms with van der Waals surface area (Å²) in [5.74, 6) is -2.47. The molecule has 0 bridgehead atoms. The zero-order valence-electron chi connectivity index (χ0n) is 7.51. The standard InChI is InChI=1S/C9H9F2NO2/c1-14-9(13)5-2-7(10)6(4-12)8(11)3-5/h2-3H,4,12H2,1H3. The number of ether oxygens (including phenoxy) is 1. The molecule has 1 rings (SSSR count). The van der Waals surface area contributed by atoms with E-state index in [1.165, 1.54) is 0 Å². The van der Waals surface area contributed by atoms with Crippen LogP contribution in [0.5, 0.6) is 0 Å². The number of hydrogen-bond donors (Lipinski definition) is 1. The third kappa shape index (κ3) is 1.88. The highest BCUT2D eigenvalue weighted by Crippen LogP contribution is 2.15. The topological polar surface area (TPSA) is 52.3 Å². The lowest BCUT2D eigenvalue weighted by atomic mass is 10.1. The van der Waals surface area contributed by atoms with Gasteiger partial charge in [0.2, 0.25) is 0 Å². The van der Waals surface area contributed by atoms with Gasteiger partial charge in [-0.3, -0.25) is 0 Å². The highest BCUT2D eigenvalue weighted by Gasteiger charge is 2.13. The molecule has 0 saturated carbocycles. The van der Waals surface area contributed by atoms with Gasteiger partial charge in [-0.25, -0.2) is 13.6 Å². The van der Waals surface area contributed by atoms with E-state index >= 15 is 0 Å². The van der Waals surface area contributed by atoms with Crippen molar-refractivity contribution >= 4 is 5.97 Å². The number of carbonyl (C=O) groups excluding carboxylic acids is 1. The molecule has 0 aliphatic heterocycles. The second-order valence-corrected chi connectivity index (χ2v) is 2.61. The summed E-state index contributed by atoms with van der Waals surface area (Å²) >= 11 is 0. The van der Waals surface area contributed by atoms with Gasteiger partial charge in [0.25, 0.3) is 0 Å². The van der Waals surface area contributed by atoms with Crippen LogP contribution in [0.2, 0.25) is 0 Å². The molecule has 14 heavy (non-hydrogen) atoms. The molecule has 0 amide bonds. The quantitative estimate of drug-likeness (QED) is 0.731. The largest absolute Gasteiger partial charge is 0.465 e. The summed E-state index contributed by atoms with van der Waals surface area (Å²) in [5, 5.41) is 0. The van der Waals surface area contributed by atoms with Crippen molar-refractivity contribution < 1.29 is 18.3 Å². The predicted molar refractivity (Wildman–Crippen MR) is 45.6 cm³/mol. The predicted octanol–water partition coefficient (Wildman–Crippen LogP) is 1.21. The van der Waals surface area contributed by atoms with Crippen LogP contribution in [0.3, 0.4) is 0 Å². The summed E-state index contributed by atoms with van der Waals surface area (Å²) in [5.41, 5.74) is 4.71. The lowest BCUT2D eigenvalue weighted by molar-refractivity contribution is 0.0599. The maximum atomic E-state index is 13.1. The number of esters is 1. The molecule has 0 atom stereocenters. The smallest absolute Gasteiger partial charge is 0.338 e. The number of nitrogens with two attached hydrogens (primary N) is 1. The summed E-state index contributed by atoms with van der Waals surface area (Å²) in [6, 6.07) is 1.80. The molecular weight excluding hydrogens is 192 g/mol. The number of benzene rings is 1. The first-order valence-corrected chi connectivity index (χ1v) is 3.86. The molecule has 5 heteroatoms. The zero-order chi connectivity index (χ0) is 10.7. The molecule has 1 aromatic rings. The van der Waals surface area contributed by atoms with Crippen LogP contribution in [-0.4, -0.2) is 13.1 Å². The fraction of sp³-hybridized carbons (Fsp3) is 0.222. The van der Waals surface area contributed by atoms with Crippen molar-refractivity contribution in [2.45, 2.75) is 6.54 Å². The van der Waals surface area contributed by atoms with Crippen LogP contribution in [0.25, 0.3) is 0 Å². The van der Waals surface area contributed by atoms with Crippen LogP contribution in [0.1, 0.15) is 15.9 Å². The van der Waals surface area contributed by atoms with Crippen molar-refractivity contribution in [3.63, 3.8) is 0 Å². The second kappa shape index (κ2) is 4.15. The van der Waals surface area contributed by atoms with Crippen molar-refractivity contribution in [1.29, 1.82) is 0 Å². The minimum Gasteiger partial charge on any atom is -0.465 e. The van der Waals surface area contributed by atoms with Crippen molar-refractivity contribution in [2.24, 2.45) is 5.73 Å². The van der Waals surface area contributed by atoms with Gasteiger partial charge >= 0.3 is 5.97 Å². The van der Waals surface area contributed by atoms with Crippen molar-refractivity contribution in [3.8, 4) is 0 Å². The van der Waals surface area contributed by atoms with Crippen LogP contribution in [0.15, 0.2) is 12.1 Å². The Kier molecular flexibility index (Phi) is 3.14. The SMILES string of the molecule is COC(=O)c1cc(F)c(CN)c(F)c1. The molecule has 0 saturated heterocycles. The lowest BCUT2D eigenvalue weighted by Crippen LogP contribution is -2.08. The first kappa shape index (κ1) is 10.6. The normalized spacial score (nSPS) is 10.0. The van der Waals surface area contributed by atoms with Crippen LogP contribution >= 0.6 is 0 Å². The monoisotopic (exact) mass is 201 g/mol. The Morgan fingerprint density at radius 1 is 1.43 bits per heavy atom. The van der Waals surface area contributed by atoms with E-state index < -0.39 is 17.6 Å². The number of hydrogen-bond acceptors (Lipinski definition) is 3. The highest BCUT2D eigenvalue weighted by molar-refractivity contribution is 5.89. The molecule has 2 N–H and O–H groups in total. The van der Waals surface area contributed by atoms with Gasteiger partial charge in [0, 0.05) is 12.1 Å².